The van der Waals surface area contributed by atoms with E-state index in [1.807, 2.05) is 12.1 Å². The maximum Gasteiger partial charge on any atom is 0.251 e. The van der Waals surface area contributed by atoms with Gasteiger partial charge in [0.25, 0.3) is 5.91 Å². The van der Waals surface area contributed by atoms with Gasteiger partial charge in [-0.15, -0.1) is 24.0 Å². The molecule has 0 aliphatic heterocycles. The highest BCUT2D eigenvalue weighted by molar-refractivity contribution is 14.0. The van der Waals surface area contributed by atoms with Crippen molar-refractivity contribution in [2.45, 2.75) is 13.0 Å². The maximum absolute atomic E-state index is 13.6. The number of hydrogen-bond donors (Lipinski definition) is 3. The SMILES string of the molecule is CN=C(NCCCNC(=O)c1ccc(Br)cc1)NCc1cc(F)ccc1F.I. The molecular weight excluding hydrogens is 545 g/mol. The number of hydrogen-bond acceptors (Lipinski definition) is 2. The number of guanidine groups is 1. The molecule has 0 unspecified atom stereocenters. The maximum atomic E-state index is 13.6. The van der Waals surface area contributed by atoms with Crippen LogP contribution in [0.2, 0.25) is 0 Å². The molecule has 1 amide bonds. The Balaban J connectivity index is 0.00000392. The Labute approximate surface area is 188 Å². The van der Waals surface area contributed by atoms with E-state index in [9.17, 15) is 13.6 Å². The molecule has 0 atom stereocenters. The lowest BCUT2D eigenvalue weighted by Crippen LogP contribution is -2.38. The lowest BCUT2D eigenvalue weighted by molar-refractivity contribution is 0.0953. The monoisotopic (exact) mass is 566 g/mol. The van der Waals surface area contributed by atoms with E-state index in [0.29, 0.717) is 31.0 Å². The van der Waals surface area contributed by atoms with E-state index in [4.69, 9.17) is 0 Å². The Morgan fingerprint density at radius 2 is 1.71 bits per heavy atom. The van der Waals surface area contributed by atoms with Crippen molar-refractivity contribution in [3.05, 3.63) is 69.7 Å². The summed E-state index contributed by atoms with van der Waals surface area (Å²) in [7, 11) is 1.59. The zero-order valence-corrected chi connectivity index (χ0v) is 19.2. The molecule has 2 aromatic rings. The first-order chi connectivity index (χ1) is 13.0. The molecule has 0 saturated carbocycles. The highest BCUT2D eigenvalue weighted by Gasteiger charge is 2.06. The second-order valence-corrected chi connectivity index (χ2v) is 6.62. The molecule has 0 radical (unpaired) electrons. The molecule has 2 aromatic carbocycles. The minimum absolute atomic E-state index is 0. The first kappa shape index (κ1) is 24.3. The van der Waals surface area contributed by atoms with Crippen LogP contribution in [-0.2, 0) is 6.54 Å². The van der Waals surface area contributed by atoms with Gasteiger partial charge in [0, 0.05) is 42.3 Å². The standard InChI is InChI=1S/C19H21BrF2N4O.HI/c1-23-19(26-12-14-11-16(21)7-8-17(14)22)25-10-2-9-24-18(27)13-3-5-15(20)6-4-13;/h3-8,11H,2,9-10,12H2,1H3,(H,24,27)(H2,23,25,26);1H. The van der Waals surface area contributed by atoms with Crippen LogP contribution in [0, 0.1) is 11.6 Å². The second kappa shape index (κ2) is 12.7. The smallest absolute Gasteiger partial charge is 0.251 e. The summed E-state index contributed by atoms with van der Waals surface area (Å²) >= 11 is 3.33. The van der Waals surface area contributed by atoms with E-state index < -0.39 is 11.6 Å². The van der Waals surface area contributed by atoms with Crippen LogP contribution in [0.3, 0.4) is 0 Å². The fraction of sp³-hybridized carbons (Fsp3) is 0.263. The Hall–Kier alpha value is -1.75. The molecule has 2 rings (SSSR count). The van der Waals surface area contributed by atoms with Crippen LogP contribution < -0.4 is 16.0 Å². The van der Waals surface area contributed by atoms with E-state index in [1.54, 1.807) is 19.2 Å². The number of carbonyl (C=O) groups is 1. The molecular formula is C19H22BrF2IN4O. The van der Waals surface area contributed by atoms with Gasteiger partial charge in [0.05, 0.1) is 0 Å². The summed E-state index contributed by atoms with van der Waals surface area (Å²) in [6, 6.07) is 10.4. The van der Waals surface area contributed by atoms with Gasteiger partial charge in [-0.3, -0.25) is 9.79 Å². The lowest BCUT2D eigenvalue weighted by atomic mass is 10.2. The Bertz CT molecular complexity index is 803. The molecule has 0 aliphatic carbocycles. The van der Waals surface area contributed by atoms with Gasteiger partial charge in [-0.1, -0.05) is 15.9 Å². The normalized spacial score (nSPS) is 10.8. The van der Waals surface area contributed by atoms with Gasteiger partial charge in [0.15, 0.2) is 5.96 Å². The fourth-order valence-electron chi connectivity index (χ4n) is 2.28. The van der Waals surface area contributed by atoms with Gasteiger partial charge < -0.3 is 16.0 Å². The average Bonchev–Trinajstić information content (AvgIpc) is 2.66. The van der Waals surface area contributed by atoms with E-state index >= 15 is 0 Å². The lowest BCUT2D eigenvalue weighted by Gasteiger charge is -2.12. The number of nitrogens with zero attached hydrogens (tertiary/aromatic N) is 1. The number of benzene rings is 2. The Morgan fingerprint density at radius 1 is 1.04 bits per heavy atom. The van der Waals surface area contributed by atoms with E-state index in [0.717, 1.165) is 22.7 Å². The van der Waals surface area contributed by atoms with Crippen molar-refractivity contribution in [3.8, 4) is 0 Å². The van der Waals surface area contributed by atoms with Crippen molar-refractivity contribution in [3.63, 3.8) is 0 Å². The molecule has 9 heteroatoms. The van der Waals surface area contributed by atoms with Gasteiger partial charge in [0.1, 0.15) is 11.6 Å². The molecule has 0 heterocycles. The zero-order chi connectivity index (χ0) is 19.6. The summed E-state index contributed by atoms with van der Waals surface area (Å²) in [4.78, 5) is 16.0. The summed E-state index contributed by atoms with van der Waals surface area (Å²) in [6.45, 7) is 1.17. The topological polar surface area (TPSA) is 65.5 Å². The number of carbonyl (C=O) groups excluding carboxylic acids is 1. The number of rotatable bonds is 7. The molecule has 0 saturated heterocycles. The van der Waals surface area contributed by atoms with Gasteiger partial charge >= 0.3 is 0 Å². The molecule has 28 heavy (non-hydrogen) atoms. The third-order valence-electron chi connectivity index (χ3n) is 3.72. The molecule has 152 valence electrons. The van der Waals surface area contributed by atoms with Crippen LogP contribution in [0.1, 0.15) is 22.3 Å². The Morgan fingerprint density at radius 3 is 2.39 bits per heavy atom. The van der Waals surface area contributed by atoms with Crippen molar-refractivity contribution >= 4 is 51.8 Å². The highest BCUT2D eigenvalue weighted by atomic mass is 127. The van der Waals surface area contributed by atoms with Gasteiger partial charge in [-0.25, -0.2) is 8.78 Å². The van der Waals surface area contributed by atoms with Crippen LogP contribution >= 0.6 is 39.9 Å². The highest BCUT2D eigenvalue weighted by Crippen LogP contribution is 2.10. The van der Waals surface area contributed by atoms with Crippen molar-refractivity contribution in [2.75, 3.05) is 20.1 Å². The van der Waals surface area contributed by atoms with Gasteiger partial charge in [0.2, 0.25) is 0 Å². The minimum Gasteiger partial charge on any atom is -0.356 e. The third-order valence-corrected chi connectivity index (χ3v) is 4.24. The summed E-state index contributed by atoms with van der Waals surface area (Å²) < 4.78 is 27.7. The third kappa shape index (κ3) is 8.09. The quantitative estimate of drug-likeness (QED) is 0.207. The van der Waals surface area contributed by atoms with Crippen molar-refractivity contribution < 1.29 is 13.6 Å². The van der Waals surface area contributed by atoms with Crippen LogP contribution in [0.25, 0.3) is 0 Å². The van der Waals surface area contributed by atoms with E-state index in [-0.39, 0.29) is 42.0 Å². The number of halogens is 4. The molecule has 0 fully saturated rings. The molecule has 0 aromatic heterocycles. The molecule has 0 aliphatic rings. The van der Waals surface area contributed by atoms with E-state index in [1.165, 1.54) is 0 Å². The summed E-state index contributed by atoms with van der Waals surface area (Å²) in [5.41, 5.74) is 0.820. The van der Waals surface area contributed by atoms with Gasteiger partial charge in [-0.2, -0.15) is 0 Å². The van der Waals surface area contributed by atoms with Crippen molar-refractivity contribution in [1.29, 1.82) is 0 Å². The molecule has 0 bridgehead atoms. The second-order valence-electron chi connectivity index (χ2n) is 5.70. The first-order valence-corrected chi connectivity index (χ1v) is 9.21. The zero-order valence-electron chi connectivity index (χ0n) is 15.3. The van der Waals surface area contributed by atoms with Crippen LogP contribution in [0.5, 0.6) is 0 Å². The fourth-order valence-corrected chi connectivity index (χ4v) is 2.54. The number of amides is 1. The average molecular weight is 567 g/mol. The first-order valence-electron chi connectivity index (χ1n) is 8.42. The summed E-state index contributed by atoms with van der Waals surface area (Å²) in [5, 5.41) is 8.82. The van der Waals surface area contributed by atoms with Crippen molar-refractivity contribution in [1.82, 2.24) is 16.0 Å². The Kier molecular flexibility index (Phi) is 11.0. The van der Waals surface area contributed by atoms with Crippen LogP contribution in [0.4, 0.5) is 8.78 Å². The molecule has 3 N–H and O–H groups in total. The predicted octanol–water partition coefficient (Wildman–Crippen LogP) is 3.83. The molecule has 0 spiro atoms. The summed E-state index contributed by atoms with van der Waals surface area (Å²) in [6.07, 6.45) is 0.678. The van der Waals surface area contributed by atoms with E-state index in [2.05, 4.69) is 36.9 Å². The number of nitrogens with one attached hydrogen (secondary N) is 3. The van der Waals surface area contributed by atoms with Crippen molar-refractivity contribution in [2.24, 2.45) is 4.99 Å². The minimum atomic E-state index is -0.488. The van der Waals surface area contributed by atoms with Crippen LogP contribution in [0.15, 0.2) is 51.9 Å². The van der Waals surface area contributed by atoms with Crippen LogP contribution in [-0.4, -0.2) is 32.0 Å². The molecule has 5 nitrogen and oxygen atoms in total. The largest absolute Gasteiger partial charge is 0.356 e. The van der Waals surface area contributed by atoms with Gasteiger partial charge in [-0.05, 0) is 48.9 Å². The predicted molar refractivity (Wildman–Crippen MR) is 121 cm³/mol. The number of aliphatic imine (C=N–C) groups is 1. The summed E-state index contributed by atoms with van der Waals surface area (Å²) in [5.74, 6) is -0.628.